The topological polar surface area (TPSA) is 54.5 Å². The largest absolute Gasteiger partial charge is 0.462 e. The smallest absolute Gasteiger partial charge is 0.350 e. The molecule has 1 N–H and O–H groups in total. The van der Waals surface area contributed by atoms with E-state index in [1.54, 1.807) is 0 Å². The van der Waals surface area contributed by atoms with Crippen molar-refractivity contribution in [2.75, 3.05) is 32.8 Å². The summed E-state index contributed by atoms with van der Waals surface area (Å²) in [5, 5.41) is 4.40. The van der Waals surface area contributed by atoms with Crippen LogP contribution in [-0.2, 0) is 11.3 Å². The average Bonchev–Trinajstić information content (AvgIpc) is 3.22. The Morgan fingerprint density at radius 3 is 2.85 bits per heavy atom. The third kappa shape index (κ3) is 3.19. The minimum absolute atomic E-state index is 0.196. The third-order valence-electron chi connectivity index (χ3n) is 3.69. The van der Waals surface area contributed by atoms with E-state index in [2.05, 4.69) is 10.2 Å². The number of ether oxygens (including phenoxy) is 1. The lowest BCUT2D eigenvalue weighted by Gasteiger charge is -2.26. The summed E-state index contributed by atoms with van der Waals surface area (Å²) in [5.41, 5.74) is 0.985. The van der Waals surface area contributed by atoms with Gasteiger partial charge in [0.05, 0.1) is 18.8 Å². The second-order valence-corrected chi connectivity index (χ2v) is 6.43. The summed E-state index contributed by atoms with van der Waals surface area (Å²) in [4.78, 5) is 19.9. The molecule has 0 bridgehead atoms. The molecule has 0 atom stereocenters. The number of nitrogens with one attached hydrogen (secondary N) is 1. The van der Waals surface area contributed by atoms with Gasteiger partial charge in [0.2, 0.25) is 0 Å². The molecule has 0 aromatic carbocycles. The highest BCUT2D eigenvalue weighted by Gasteiger charge is 2.32. The third-order valence-corrected chi connectivity index (χ3v) is 4.73. The lowest BCUT2D eigenvalue weighted by Crippen LogP contribution is -2.42. The van der Waals surface area contributed by atoms with Gasteiger partial charge in [-0.15, -0.1) is 11.3 Å². The molecule has 1 aliphatic carbocycles. The SMILES string of the molecule is CCOC(=O)c1sc(CN2CCNCC2)nc1C1CC1. The molecule has 0 radical (unpaired) electrons. The predicted molar refractivity (Wildman–Crippen MR) is 78.2 cm³/mol. The number of hydrogen-bond acceptors (Lipinski definition) is 6. The maximum atomic E-state index is 12.0. The molecule has 0 unspecified atom stereocenters. The van der Waals surface area contributed by atoms with Crippen LogP contribution in [0, 0.1) is 0 Å². The Hall–Kier alpha value is -0.980. The summed E-state index contributed by atoms with van der Waals surface area (Å²) in [7, 11) is 0. The van der Waals surface area contributed by atoms with Crippen molar-refractivity contribution in [2.45, 2.75) is 32.2 Å². The number of aromatic nitrogens is 1. The van der Waals surface area contributed by atoms with Crippen molar-refractivity contribution in [1.29, 1.82) is 0 Å². The number of esters is 1. The first kappa shape index (κ1) is 14.0. The van der Waals surface area contributed by atoms with Crippen LogP contribution in [0.25, 0.3) is 0 Å². The number of piperazine rings is 1. The van der Waals surface area contributed by atoms with Crippen LogP contribution in [0.3, 0.4) is 0 Å². The van der Waals surface area contributed by atoms with Crippen molar-refractivity contribution < 1.29 is 9.53 Å². The Bertz CT molecular complexity index is 479. The molecule has 110 valence electrons. The van der Waals surface area contributed by atoms with Gasteiger partial charge in [0, 0.05) is 32.1 Å². The number of nitrogens with zero attached hydrogens (tertiary/aromatic N) is 2. The Morgan fingerprint density at radius 1 is 1.45 bits per heavy atom. The molecule has 1 saturated heterocycles. The fourth-order valence-corrected chi connectivity index (χ4v) is 3.57. The quantitative estimate of drug-likeness (QED) is 0.836. The summed E-state index contributed by atoms with van der Waals surface area (Å²) < 4.78 is 5.16. The maximum absolute atomic E-state index is 12.0. The van der Waals surface area contributed by atoms with E-state index in [0.717, 1.165) is 61.1 Å². The van der Waals surface area contributed by atoms with Crippen LogP contribution in [0.4, 0.5) is 0 Å². The first-order chi connectivity index (χ1) is 9.78. The van der Waals surface area contributed by atoms with Crippen LogP contribution < -0.4 is 5.32 Å². The molecular weight excluding hydrogens is 274 g/mol. The highest BCUT2D eigenvalue weighted by Crippen LogP contribution is 2.43. The normalized spacial score (nSPS) is 20.1. The number of rotatable bonds is 5. The summed E-state index contributed by atoms with van der Waals surface area (Å²) in [6.45, 7) is 7.29. The molecule has 3 rings (SSSR count). The molecule has 20 heavy (non-hydrogen) atoms. The Labute approximate surface area is 123 Å². The first-order valence-electron chi connectivity index (χ1n) is 7.37. The van der Waals surface area contributed by atoms with Gasteiger partial charge in [-0.2, -0.15) is 0 Å². The monoisotopic (exact) mass is 295 g/mol. The van der Waals surface area contributed by atoms with E-state index in [-0.39, 0.29) is 5.97 Å². The van der Waals surface area contributed by atoms with Crippen molar-refractivity contribution in [3.63, 3.8) is 0 Å². The molecule has 5 nitrogen and oxygen atoms in total. The van der Waals surface area contributed by atoms with Crippen LogP contribution in [-0.4, -0.2) is 48.6 Å². The molecule has 1 aromatic rings. The molecule has 0 spiro atoms. The van der Waals surface area contributed by atoms with Crippen LogP contribution in [0.15, 0.2) is 0 Å². The number of thiazole rings is 1. The lowest BCUT2D eigenvalue weighted by atomic mass is 10.2. The predicted octanol–water partition coefficient (Wildman–Crippen LogP) is 1.60. The Morgan fingerprint density at radius 2 is 2.20 bits per heavy atom. The zero-order valence-electron chi connectivity index (χ0n) is 11.9. The Balaban J connectivity index is 1.74. The molecule has 2 aliphatic rings. The van der Waals surface area contributed by atoms with Crippen LogP contribution in [0.1, 0.15) is 46.1 Å². The van der Waals surface area contributed by atoms with E-state index in [1.165, 1.54) is 11.3 Å². The van der Waals surface area contributed by atoms with Gasteiger partial charge in [-0.1, -0.05) is 0 Å². The standard InChI is InChI=1S/C14H21N3O2S/c1-2-19-14(18)13-12(10-3-4-10)16-11(20-13)9-17-7-5-15-6-8-17/h10,15H,2-9H2,1H3. The minimum Gasteiger partial charge on any atom is -0.462 e. The zero-order valence-corrected chi connectivity index (χ0v) is 12.7. The minimum atomic E-state index is -0.196. The van der Waals surface area contributed by atoms with Gasteiger partial charge in [0.15, 0.2) is 0 Å². The second kappa shape index (κ2) is 6.20. The molecule has 2 heterocycles. The summed E-state index contributed by atoms with van der Waals surface area (Å²) >= 11 is 1.52. The molecule has 2 fully saturated rings. The van der Waals surface area contributed by atoms with E-state index in [4.69, 9.17) is 9.72 Å². The van der Waals surface area contributed by atoms with Crippen molar-refractivity contribution in [1.82, 2.24) is 15.2 Å². The number of hydrogen-bond donors (Lipinski definition) is 1. The number of carbonyl (C=O) groups excluding carboxylic acids is 1. The van der Waals surface area contributed by atoms with Crippen molar-refractivity contribution in [3.05, 3.63) is 15.6 Å². The van der Waals surface area contributed by atoms with Gasteiger partial charge in [0.25, 0.3) is 0 Å². The van der Waals surface area contributed by atoms with Gasteiger partial charge in [-0.25, -0.2) is 9.78 Å². The molecule has 1 saturated carbocycles. The maximum Gasteiger partial charge on any atom is 0.350 e. The molecule has 1 aliphatic heterocycles. The summed E-state index contributed by atoms with van der Waals surface area (Å²) in [5.74, 6) is 0.292. The molecule has 0 amide bonds. The highest BCUT2D eigenvalue weighted by atomic mass is 32.1. The molecule has 6 heteroatoms. The van der Waals surface area contributed by atoms with Gasteiger partial charge in [-0.05, 0) is 19.8 Å². The summed E-state index contributed by atoms with van der Waals surface area (Å²) in [6, 6.07) is 0. The first-order valence-corrected chi connectivity index (χ1v) is 8.19. The van der Waals surface area contributed by atoms with Gasteiger partial charge >= 0.3 is 5.97 Å². The Kier molecular flexibility index (Phi) is 4.33. The van der Waals surface area contributed by atoms with E-state index in [0.29, 0.717) is 12.5 Å². The average molecular weight is 295 g/mol. The van der Waals surface area contributed by atoms with Crippen molar-refractivity contribution in [3.8, 4) is 0 Å². The molecular formula is C14H21N3O2S. The van der Waals surface area contributed by atoms with E-state index >= 15 is 0 Å². The van der Waals surface area contributed by atoms with Crippen molar-refractivity contribution in [2.24, 2.45) is 0 Å². The van der Waals surface area contributed by atoms with E-state index in [9.17, 15) is 4.79 Å². The lowest BCUT2D eigenvalue weighted by molar-refractivity contribution is 0.0530. The highest BCUT2D eigenvalue weighted by molar-refractivity contribution is 7.13. The fourth-order valence-electron chi connectivity index (χ4n) is 2.48. The van der Waals surface area contributed by atoms with Gasteiger partial charge in [0.1, 0.15) is 9.88 Å². The van der Waals surface area contributed by atoms with Gasteiger partial charge < -0.3 is 10.1 Å². The fraction of sp³-hybridized carbons (Fsp3) is 0.714. The zero-order chi connectivity index (χ0) is 13.9. The summed E-state index contributed by atoms with van der Waals surface area (Å²) in [6.07, 6.45) is 2.31. The second-order valence-electron chi connectivity index (χ2n) is 5.34. The van der Waals surface area contributed by atoms with E-state index in [1.807, 2.05) is 6.92 Å². The van der Waals surface area contributed by atoms with Crippen LogP contribution >= 0.6 is 11.3 Å². The van der Waals surface area contributed by atoms with Crippen LogP contribution in [0.5, 0.6) is 0 Å². The van der Waals surface area contributed by atoms with Gasteiger partial charge in [-0.3, -0.25) is 4.90 Å². The molecule has 1 aromatic heterocycles. The van der Waals surface area contributed by atoms with Crippen LogP contribution in [0.2, 0.25) is 0 Å². The number of carbonyl (C=O) groups is 1. The van der Waals surface area contributed by atoms with Crippen molar-refractivity contribution >= 4 is 17.3 Å². The van der Waals surface area contributed by atoms with E-state index < -0.39 is 0 Å².